The number of aliphatic carboxylic acids is 1. The van der Waals surface area contributed by atoms with Crippen LogP contribution in [0.4, 0.5) is 11.4 Å². The molecule has 10 heteroatoms. The molecular formula is C25H33Cl2N3O4S. The first-order valence-electron chi connectivity index (χ1n) is 11.8. The van der Waals surface area contributed by atoms with Gasteiger partial charge in [0.05, 0.1) is 5.69 Å². The SMILES string of the molecule is CN1[C@H](C2CCCCC2)CN(c2ccccc2)c2cc(Cl)c(CC[C@H](N)C(=O)O)cc2S1(=O)=O.Cl. The maximum Gasteiger partial charge on any atom is 0.320 e. The second kappa shape index (κ2) is 11.5. The van der Waals surface area contributed by atoms with E-state index in [1.807, 2.05) is 30.3 Å². The third-order valence-electron chi connectivity index (χ3n) is 7.22. The Hall–Kier alpha value is -1.84. The number of carboxylic acids is 1. The first-order valence-corrected chi connectivity index (χ1v) is 13.6. The van der Waals surface area contributed by atoms with Gasteiger partial charge in [-0.05, 0) is 61.4 Å². The number of nitrogens with two attached hydrogens (primary N) is 1. The Kier molecular flexibility index (Phi) is 9.10. The molecule has 4 rings (SSSR count). The van der Waals surface area contributed by atoms with Gasteiger partial charge < -0.3 is 15.7 Å². The molecule has 1 heterocycles. The van der Waals surface area contributed by atoms with Gasteiger partial charge in [-0.2, -0.15) is 4.31 Å². The van der Waals surface area contributed by atoms with Crippen LogP contribution < -0.4 is 10.6 Å². The average molecular weight is 543 g/mol. The molecule has 0 spiro atoms. The molecule has 1 fully saturated rings. The molecule has 0 saturated heterocycles. The maximum atomic E-state index is 13.9. The van der Waals surface area contributed by atoms with Crippen molar-refractivity contribution < 1.29 is 18.3 Å². The van der Waals surface area contributed by atoms with E-state index in [2.05, 4.69) is 4.90 Å². The third kappa shape index (κ3) is 5.78. The quantitative estimate of drug-likeness (QED) is 0.542. The van der Waals surface area contributed by atoms with E-state index in [1.165, 1.54) is 6.42 Å². The van der Waals surface area contributed by atoms with Crippen molar-refractivity contribution in [3.8, 4) is 0 Å². The minimum absolute atomic E-state index is 0. The van der Waals surface area contributed by atoms with Crippen LogP contribution in [-0.2, 0) is 21.2 Å². The molecule has 2 aromatic carbocycles. The zero-order valence-electron chi connectivity index (χ0n) is 19.8. The van der Waals surface area contributed by atoms with Gasteiger partial charge in [-0.25, -0.2) is 8.42 Å². The molecule has 7 nitrogen and oxygen atoms in total. The van der Waals surface area contributed by atoms with Gasteiger partial charge in [-0.3, -0.25) is 4.79 Å². The molecule has 1 aliphatic carbocycles. The molecule has 2 atom stereocenters. The van der Waals surface area contributed by atoms with Crippen molar-refractivity contribution >= 4 is 51.4 Å². The van der Waals surface area contributed by atoms with Gasteiger partial charge in [0.25, 0.3) is 0 Å². The van der Waals surface area contributed by atoms with Crippen LogP contribution in [0.3, 0.4) is 0 Å². The monoisotopic (exact) mass is 541 g/mol. The fraction of sp³-hybridized carbons (Fsp3) is 0.480. The Labute approximate surface area is 218 Å². The number of anilines is 2. The summed E-state index contributed by atoms with van der Waals surface area (Å²) in [7, 11) is -2.12. The van der Waals surface area contributed by atoms with Crippen LogP contribution in [0.25, 0.3) is 0 Å². The third-order valence-corrected chi connectivity index (χ3v) is 9.48. The molecule has 0 amide bonds. The smallest absolute Gasteiger partial charge is 0.320 e. The molecule has 0 radical (unpaired) electrons. The van der Waals surface area contributed by atoms with Crippen LogP contribution in [0.1, 0.15) is 44.1 Å². The second-order valence-corrected chi connectivity index (χ2v) is 11.7. The van der Waals surface area contributed by atoms with E-state index >= 15 is 0 Å². The first kappa shape index (κ1) is 27.7. The molecular weight excluding hydrogens is 509 g/mol. The number of aryl methyl sites for hydroxylation is 1. The molecule has 3 N–H and O–H groups in total. The normalized spacial score (nSPS) is 21.5. The molecule has 35 heavy (non-hydrogen) atoms. The lowest BCUT2D eigenvalue weighted by atomic mass is 9.83. The number of nitrogens with zero attached hydrogens (tertiary/aromatic N) is 2. The van der Waals surface area contributed by atoms with E-state index in [9.17, 15) is 13.2 Å². The number of likely N-dealkylation sites (N-methyl/N-ethyl adjacent to an activating group) is 1. The van der Waals surface area contributed by atoms with Crippen LogP contribution in [0.15, 0.2) is 47.4 Å². The van der Waals surface area contributed by atoms with Crippen molar-refractivity contribution in [3.63, 3.8) is 0 Å². The number of hydrogen-bond acceptors (Lipinski definition) is 5. The Balaban J connectivity index is 0.00000342. The summed E-state index contributed by atoms with van der Waals surface area (Å²) in [6, 6.07) is 11.9. The minimum Gasteiger partial charge on any atom is -0.480 e. The van der Waals surface area contributed by atoms with Gasteiger partial charge in [0.15, 0.2) is 0 Å². The predicted octanol–water partition coefficient (Wildman–Crippen LogP) is 4.83. The van der Waals surface area contributed by atoms with E-state index in [1.54, 1.807) is 23.5 Å². The van der Waals surface area contributed by atoms with E-state index in [4.69, 9.17) is 22.4 Å². The number of para-hydroxylation sites is 1. The number of fused-ring (bicyclic) bond motifs is 1. The van der Waals surface area contributed by atoms with Crippen LogP contribution in [0.2, 0.25) is 5.02 Å². The number of halogens is 2. The minimum atomic E-state index is -3.81. The van der Waals surface area contributed by atoms with Crippen LogP contribution >= 0.6 is 24.0 Å². The zero-order chi connectivity index (χ0) is 24.5. The second-order valence-electron chi connectivity index (χ2n) is 9.33. The molecule has 1 aliphatic heterocycles. The Bertz CT molecular complexity index is 1140. The highest BCUT2D eigenvalue weighted by Crippen LogP contribution is 2.42. The molecule has 0 unspecified atom stereocenters. The number of carbonyl (C=O) groups is 1. The summed E-state index contributed by atoms with van der Waals surface area (Å²) in [5, 5.41) is 9.53. The first-order chi connectivity index (χ1) is 16.2. The van der Waals surface area contributed by atoms with Gasteiger partial charge in [0.2, 0.25) is 10.0 Å². The standard InChI is InChI=1S/C25H32ClN3O4S.ClH/c1-28-23(17-8-4-2-5-9-17)16-29(19-10-6-3-7-11-19)22-15-20(26)18(12-13-21(27)25(30)31)14-24(22)34(28,32)33;/h3,6-7,10-11,14-15,17,21,23H,2,4-5,8-9,12-13,16,27H2,1H3,(H,30,31);1H/t21-,23-;/m0./s1. The predicted molar refractivity (Wildman–Crippen MR) is 141 cm³/mol. The lowest BCUT2D eigenvalue weighted by molar-refractivity contribution is -0.138. The van der Waals surface area contributed by atoms with Crippen molar-refractivity contribution in [2.24, 2.45) is 11.7 Å². The number of hydrogen-bond donors (Lipinski definition) is 2. The van der Waals surface area contributed by atoms with Gasteiger partial charge in [-0.15, -0.1) is 12.4 Å². The molecule has 1 saturated carbocycles. The Morgan fingerprint density at radius 2 is 1.83 bits per heavy atom. The lowest BCUT2D eigenvalue weighted by Gasteiger charge is -2.36. The number of sulfonamides is 1. The molecule has 2 aromatic rings. The Morgan fingerprint density at radius 3 is 2.46 bits per heavy atom. The number of benzene rings is 2. The van der Waals surface area contributed by atoms with Gasteiger partial charge in [-0.1, -0.05) is 49.1 Å². The van der Waals surface area contributed by atoms with Crippen molar-refractivity contribution in [1.29, 1.82) is 0 Å². The molecule has 192 valence electrons. The van der Waals surface area contributed by atoms with E-state index in [0.717, 1.165) is 31.4 Å². The van der Waals surface area contributed by atoms with E-state index in [0.29, 0.717) is 22.8 Å². The summed E-state index contributed by atoms with van der Waals surface area (Å²) in [6.07, 6.45) is 5.90. The van der Waals surface area contributed by atoms with Crippen LogP contribution in [0, 0.1) is 5.92 Å². The lowest BCUT2D eigenvalue weighted by Crippen LogP contribution is -2.46. The van der Waals surface area contributed by atoms with Crippen LogP contribution in [-0.4, -0.2) is 49.5 Å². The summed E-state index contributed by atoms with van der Waals surface area (Å²) in [5.74, 6) is -0.804. The average Bonchev–Trinajstić information content (AvgIpc) is 2.91. The van der Waals surface area contributed by atoms with Gasteiger partial charge >= 0.3 is 5.97 Å². The zero-order valence-corrected chi connectivity index (χ0v) is 22.2. The summed E-state index contributed by atoms with van der Waals surface area (Å²) in [5.41, 5.74) is 7.71. The fourth-order valence-electron chi connectivity index (χ4n) is 5.18. The Morgan fingerprint density at radius 1 is 1.17 bits per heavy atom. The summed E-state index contributed by atoms with van der Waals surface area (Å²) in [6.45, 7) is 0.539. The van der Waals surface area contributed by atoms with Crippen molar-refractivity contribution in [1.82, 2.24) is 4.31 Å². The summed E-state index contributed by atoms with van der Waals surface area (Å²) < 4.78 is 29.3. The highest BCUT2D eigenvalue weighted by Gasteiger charge is 2.41. The number of carboxylic acid groups (broad SMARTS) is 1. The molecule has 0 bridgehead atoms. The van der Waals surface area contributed by atoms with Crippen molar-refractivity contribution in [2.75, 3.05) is 18.5 Å². The van der Waals surface area contributed by atoms with Gasteiger partial charge in [0, 0.05) is 30.3 Å². The molecule has 0 aromatic heterocycles. The summed E-state index contributed by atoms with van der Waals surface area (Å²) >= 11 is 6.62. The van der Waals surface area contributed by atoms with E-state index < -0.39 is 22.0 Å². The van der Waals surface area contributed by atoms with Crippen molar-refractivity contribution in [3.05, 3.63) is 53.1 Å². The fourth-order valence-corrected chi connectivity index (χ4v) is 7.06. The van der Waals surface area contributed by atoms with E-state index in [-0.39, 0.29) is 42.1 Å². The van der Waals surface area contributed by atoms with Crippen LogP contribution in [0.5, 0.6) is 0 Å². The molecule has 2 aliphatic rings. The number of rotatable bonds is 6. The summed E-state index contributed by atoms with van der Waals surface area (Å²) in [4.78, 5) is 13.4. The largest absolute Gasteiger partial charge is 0.480 e. The van der Waals surface area contributed by atoms with Crippen molar-refractivity contribution in [2.45, 2.75) is 61.9 Å². The van der Waals surface area contributed by atoms with Gasteiger partial charge in [0.1, 0.15) is 10.9 Å². The maximum absolute atomic E-state index is 13.9. The highest BCUT2D eigenvalue weighted by molar-refractivity contribution is 7.89. The highest BCUT2D eigenvalue weighted by atomic mass is 35.5. The topological polar surface area (TPSA) is 104 Å².